The van der Waals surface area contributed by atoms with Crippen LogP contribution in [0.4, 0.5) is 0 Å². The lowest BCUT2D eigenvalue weighted by atomic mass is 10.2. The molecule has 0 radical (unpaired) electrons. The van der Waals surface area contributed by atoms with Crippen molar-refractivity contribution in [3.63, 3.8) is 0 Å². The zero-order valence-corrected chi connectivity index (χ0v) is 41.6. The highest BCUT2D eigenvalue weighted by Gasteiger charge is 2.19. The van der Waals surface area contributed by atoms with Crippen molar-refractivity contribution in [2.45, 2.75) is 32.7 Å². The zero-order valence-electron chi connectivity index (χ0n) is 41.6. The number of carbonyl (C=O) groups excluding carboxylic acids is 3. The molecule has 4 N–H and O–H groups in total. The summed E-state index contributed by atoms with van der Waals surface area (Å²) in [6.45, 7) is 8.60. The third-order valence-corrected chi connectivity index (χ3v) is 12.3. The average molecular weight is 1010 g/mol. The topological polar surface area (TPSA) is 203 Å². The molecule has 0 bridgehead atoms. The van der Waals surface area contributed by atoms with Crippen LogP contribution in [0.25, 0.3) is 0 Å². The van der Waals surface area contributed by atoms with Gasteiger partial charge in [0.1, 0.15) is 36.9 Å². The molecule has 74 heavy (non-hydrogen) atoms. The van der Waals surface area contributed by atoms with Crippen LogP contribution in [0.15, 0.2) is 160 Å². The Morgan fingerprint density at radius 3 is 1.09 bits per heavy atom. The molecule has 1 aliphatic rings. The van der Waals surface area contributed by atoms with Gasteiger partial charge >= 0.3 is 0 Å². The van der Waals surface area contributed by atoms with Crippen molar-refractivity contribution in [3.8, 4) is 0 Å². The van der Waals surface area contributed by atoms with Crippen LogP contribution in [0.3, 0.4) is 0 Å². The van der Waals surface area contributed by atoms with Crippen molar-refractivity contribution >= 4 is 17.7 Å². The van der Waals surface area contributed by atoms with E-state index in [1.54, 1.807) is 18.2 Å². The summed E-state index contributed by atoms with van der Waals surface area (Å²) in [5, 5.41) is 12.5. The number of hydrogen-bond acceptors (Lipinski definition) is 13. The third-order valence-electron chi connectivity index (χ3n) is 12.3. The van der Waals surface area contributed by atoms with Gasteiger partial charge in [0.05, 0.1) is 0 Å². The molecular weight excluding hydrogens is 945 g/mol. The smallest absolute Gasteiger partial charge is 0.283 e. The second kappa shape index (κ2) is 29.0. The van der Waals surface area contributed by atoms with Crippen LogP contribution in [0.5, 0.6) is 0 Å². The number of amides is 3. The Morgan fingerprint density at radius 2 is 0.730 bits per heavy atom. The van der Waals surface area contributed by atoms with Crippen LogP contribution in [0.1, 0.15) is 61.0 Å². The normalized spacial score (nSPS) is 14.3. The van der Waals surface area contributed by atoms with E-state index in [9.17, 15) is 28.8 Å². The number of nitrogens with one attached hydrogen (secondary N) is 4. The van der Waals surface area contributed by atoms with E-state index in [4.69, 9.17) is 14.5 Å². The van der Waals surface area contributed by atoms with Gasteiger partial charge in [0.2, 0.25) is 0 Å². The first-order chi connectivity index (χ1) is 36.2. The van der Waals surface area contributed by atoms with E-state index >= 15 is 0 Å². The second-order valence-corrected chi connectivity index (χ2v) is 17.7. The summed E-state index contributed by atoms with van der Waals surface area (Å²) >= 11 is 0. The Hall–Kier alpha value is -7.84. The van der Waals surface area contributed by atoms with Gasteiger partial charge in [-0.2, -0.15) is 0 Å². The SMILES string of the molecule is O=C(NCCN1CCCN(CCNC(=O)c2cccc(=O)n2OCc2ccccc2)CCN(CCNC(=O)c2cccc(=O)n2OCc2ccccc2)CCCNCC1)c1cccc(=O)n1OCc1ccccc1. The van der Waals surface area contributed by atoms with Crippen LogP contribution in [-0.4, -0.2) is 138 Å². The van der Waals surface area contributed by atoms with Crippen LogP contribution in [0.2, 0.25) is 0 Å². The summed E-state index contributed by atoms with van der Waals surface area (Å²) < 4.78 is 3.10. The first-order valence-electron chi connectivity index (χ1n) is 25.1. The molecule has 0 unspecified atom stereocenters. The molecule has 1 saturated heterocycles. The number of carbonyl (C=O) groups is 3. The molecule has 3 aromatic heterocycles. The van der Waals surface area contributed by atoms with Crippen molar-refractivity contribution < 1.29 is 28.9 Å². The van der Waals surface area contributed by atoms with Gasteiger partial charge in [-0.15, -0.1) is 14.2 Å². The first-order valence-corrected chi connectivity index (χ1v) is 25.1. The average Bonchev–Trinajstić information content (AvgIpc) is 3.42. The molecule has 0 aliphatic carbocycles. The van der Waals surface area contributed by atoms with E-state index in [1.165, 1.54) is 36.4 Å². The maximum absolute atomic E-state index is 13.6. The lowest BCUT2D eigenvalue weighted by Crippen LogP contribution is -2.45. The van der Waals surface area contributed by atoms with Gasteiger partial charge < -0.3 is 50.5 Å². The van der Waals surface area contributed by atoms with E-state index in [-0.39, 0.29) is 36.9 Å². The number of hydrogen-bond donors (Lipinski definition) is 4. The van der Waals surface area contributed by atoms with Crippen LogP contribution in [-0.2, 0) is 19.8 Å². The van der Waals surface area contributed by atoms with Gasteiger partial charge in [-0.1, -0.05) is 109 Å². The van der Waals surface area contributed by atoms with Crippen molar-refractivity contribution in [1.82, 2.24) is 50.2 Å². The molecule has 3 amide bonds. The Balaban J connectivity index is 0.966. The van der Waals surface area contributed by atoms with Crippen molar-refractivity contribution in [3.05, 3.63) is 210 Å². The fraction of sp³-hybridized carbons (Fsp3) is 0.345. The molecule has 0 saturated carbocycles. The van der Waals surface area contributed by atoms with Crippen molar-refractivity contribution in [1.29, 1.82) is 0 Å². The summed E-state index contributed by atoms with van der Waals surface area (Å²) in [7, 11) is 0. The Bertz CT molecular complexity index is 2880. The fourth-order valence-corrected chi connectivity index (χ4v) is 8.32. The predicted octanol–water partition coefficient (Wildman–Crippen LogP) is 1.94. The maximum atomic E-state index is 13.6. The van der Waals surface area contributed by atoms with E-state index in [1.807, 2.05) is 91.0 Å². The number of benzene rings is 3. The van der Waals surface area contributed by atoms with Crippen LogP contribution < -0.4 is 52.5 Å². The minimum atomic E-state index is -0.457. The molecule has 1 fully saturated rings. The molecule has 4 heterocycles. The minimum absolute atomic E-state index is 0.0875. The Morgan fingerprint density at radius 1 is 0.392 bits per heavy atom. The summed E-state index contributed by atoms with van der Waals surface area (Å²) in [4.78, 5) is 103. The molecule has 7 rings (SSSR count). The molecular formula is C55H66N10O9. The van der Waals surface area contributed by atoms with Crippen molar-refractivity contribution in [2.24, 2.45) is 0 Å². The number of aromatic nitrogens is 3. The van der Waals surface area contributed by atoms with Crippen LogP contribution >= 0.6 is 0 Å². The van der Waals surface area contributed by atoms with E-state index in [2.05, 4.69) is 36.0 Å². The highest BCUT2D eigenvalue weighted by molar-refractivity contribution is 5.93. The molecule has 390 valence electrons. The zero-order chi connectivity index (χ0) is 51.7. The van der Waals surface area contributed by atoms with E-state index in [0.29, 0.717) is 58.9 Å². The molecule has 0 atom stereocenters. The van der Waals surface area contributed by atoms with Gasteiger partial charge in [0.25, 0.3) is 34.4 Å². The highest BCUT2D eigenvalue weighted by atomic mass is 16.7. The van der Waals surface area contributed by atoms with Gasteiger partial charge in [-0.05, 0) is 73.9 Å². The summed E-state index contributed by atoms with van der Waals surface area (Å²) in [5.74, 6) is -1.29. The number of rotatable bonds is 21. The van der Waals surface area contributed by atoms with Gasteiger partial charge in [-0.3, -0.25) is 28.8 Å². The Kier molecular flexibility index (Phi) is 21.1. The van der Waals surface area contributed by atoms with Gasteiger partial charge in [0.15, 0.2) is 0 Å². The van der Waals surface area contributed by atoms with E-state index < -0.39 is 34.4 Å². The maximum Gasteiger partial charge on any atom is 0.283 e. The number of pyridine rings is 3. The minimum Gasteiger partial charge on any atom is -0.405 e. The molecule has 0 spiro atoms. The molecule has 6 aromatic rings. The van der Waals surface area contributed by atoms with E-state index in [0.717, 1.165) is 76.4 Å². The van der Waals surface area contributed by atoms with Gasteiger partial charge in [-0.25, -0.2) is 0 Å². The first kappa shape index (κ1) is 53.9. The summed E-state index contributed by atoms with van der Waals surface area (Å²) in [6.07, 6.45) is 1.61. The molecule has 19 nitrogen and oxygen atoms in total. The summed E-state index contributed by atoms with van der Waals surface area (Å²) in [5.41, 5.74) is 1.52. The summed E-state index contributed by atoms with van der Waals surface area (Å²) in [6, 6.07) is 41.6. The van der Waals surface area contributed by atoms with Crippen molar-refractivity contribution in [2.75, 3.05) is 91.6 Å². The Labute approximate surface area is 430 Å². The lowest BCUT2D eigenvalue weighted by molar-refractivity contribution is 0.0701. The quantitative estimate of drug-likeness (QED) is 0.0816. The third kappa shape index (κ3) is 16.9. The second-order valence-electron chi connectivity index (χ2n) is 17.7. The highest BCUT2D eigenvalue weighted by Crippen LogP contribution is 2.06. The number of nitrogens with zero attached hydrogens (tertiary/aromatic N) is 6. The lowest BCUT2D eigenvalue weighted by Gasteiger charge is -2.30. The molecule has 3 aromatic carbocycles. The fourth-order valence-electron chi connectivity index (χ4n) is 8.32. The standard InChI is InChI=1S/C55H66N10O9/c66-50-24-10-21-47(63(50)72-41-44-15-4-1-5-16-44)53(69)57-29-36-60-33-14-34-62(38-31-59-55(71)49-23-12-26-52(68)65(49)74-43-46-19-8-3-9-20-46)40-39-61(32-13-27-56-28-35-60)37-30-58-54(70)48-22-11-25-51(67)64(48)73-42-45-17-6-2-7-18-45/h1-12,15-26,56H,13-14,27-43H2,(H,57,69)(H,58,70)(H,59,71). The van der Waals surface area contributed by atoms with Gasteiger partial charge in [0, 0.05) is 83.6 Å². The largest absolute Gasteiger partial charge is 0.405 e. The monoisotopic (exact) mass is 1010 g/mol. The predicted molar refractivity (Wildman–Crippen MR) is 281 cm³/mol. The molecule has 1 aliphatic heterocycles. The van der Waals surface area contributed by atoms with Crippen LogP contribution in [0, 0.1) is 0 Å². The molecule has 19 heteroatoms.